The summed E-state index contributed by atoms with van der Waals surface area (Å²) in [6.45, 7) is 0. The molecule has 1 aliphatic carbocycles. The van der Waals surface area contributed by atoms with Crippen molar-refractivity contribution in [3.8, 4) is 10.4 Å². The van der Waals surface area contributed by atoms with E-state index in [1.807, 2.05) is 0 Å². The Kier molecular flexibility index (Phi) is 12.4. The third kappa shape index (κ3) is 8.68. The van der Waals surface area contributed by atoms with Crippen LogP contribution in [0.5, 0.6) is 0 Å². The van der Waals surface area contributed by atoms with E-state index in [2.05, 4.69) is 272 Å². The molecule has 0 bridgehead atoms. The molecular formula is C62H44N2S2. The number of hydrogen-bond donors (Lipinski definition) is 2. The Hall–Kier alpha value is -7.89. The van der Waals surface area contributed by atoms with Crippen LogP contribution < -0.4 is 0 Å². The molecule has 9 aromatic rings. The monoisotopic (exact) mass is 880 g/mol. The van der Waals surface area contributed by atoms with Gasteiger partial charge in [-0.15, -0.1) is 11.3 Å². The molecule has 66 heavy (non-hydrogen) atoms. The van der Waals surface area contributed by atoms with Crippen LogP contribution in [0.25, 0.3) is 43.9 Å². The van der Waals surface area contributed by atoms with Crippen LogP contribution >= 0.6 is 24.2 Å². The molecule has 0 atom stereocenters. The smallest absolute Gasteiger partial charge is 0.104 e. The average molecular weight is 881 g/mol. The van der Waals surface area contributed by atoms with Gasteiger partial charge in [0.25, 0.3) is 0 Å². The summed E-state index contributed by atoms with van der Waals surface area (Å²) in [5.74, 6) is 0. The van der Waals surface area contributed by atoms with E-state index in [4.69, 9.17) is 0 Å². The molecule has 1 aliphatic rings. The van der Waals surface area contributed by atoms with Crippen LogP contribution in [-0.2, 0) is 0 Å². The molecule has 2 nitrogen and oxygen atoms in total. The second-order valence-electron chi connectivity index (χ2n) is 16.0. The molecule has 0 radical (unpaired) electrons. The lowest BCUT2D eigenvalue weighted by Crippen LogP contribution is -2.19. The molecule has 0 saturated heterocycles. The summed E-state index contributed by atoms with van der Waals surface area (Å²) in [5, 5.41) is 9.45. The van der Waals surface area contributed by atoms with Gasteiger partial charge in [-0.1, -0.05) is 243 Å². The Morgan fingerprint density at radius 3 is 0.939 bits per heavy atom. The Morgan fingerprint density at radius 1 is 0.318 bits per heavy atom. The average Bonchev–Trinajstić information content (AvgIpc) is 3.89. The van der Waals surface area contributed by atoms with Crippen LogP contribution in [0.4, 0.5) is 0 Å². The van der Waals surface area contributed by atoms with Crippen LogP contribution in [0.1, 0.15) is 54.9 Å². The lowest BCUT2D eigenvalue weighted by Gasteiger charge is -2.20. The van der Waals surface area contributed by atoms with Gasteiger partial charge in [-0.3, -0.25) is 5.41 Å². The highest BCUT2D eigenvalue weighted by Gasteiger charge is 2.25. The van der Waals surface area contributed by atoms with Crippen LogP contribution in [-0.4, -0.2) is 11.4 Å². The SMILES string of the molecule is N=C1C(c2ccc(-c3ccc(C(=C(c4ccccc4)c4ccccc4)c4ccccc4)cc3)s2)=CC=C(c2ccc(C(=C(c3ccccc3)c3ccccc3)c3ccccc3)cc2)/C1=N/S. The third-order valence-corrected chi connectivity index (χ3v) is 13.3. The first kappa shape index (κ1) is 42.1. The van der Waals surface area contributed by atoms with Crippen molar-refractivity contribution in [3.63, 3.8) is 0 Å². The van der Waals surface area contributed by atoms with Gasteiger partial charge in [0.15, 0.2) is 0 Å². The van der Waals surface area contributed by atoms with Crippen molar-refractivity contribution >= 4 is 69.0 Å². The topological polar surface area (TPSA) is 36.2 Å². The zero-order valence-corrected chi connectivity index (χ0v) is 37.8. The van der Waals surface area contributed by atoms with Gasteiger partial charge in [-0.05, 0) is 103 Å². The summed E-state index contributed by atoms with van der Waals surface area (Å²) < 4.78 is 4.42. The van der Waals surface area contributed by atoms with E-state index in [1.165, 1.54) is 27.8 Å². The molecule has 0 fully saturated rings. The predicted molar refractivity (Wildman–Crippen MR) is 285 cm³/mol. The minimum atomic E-state index is 0.350. The predicted octanol–water partition coefficient (Wildman–Crippen LogP) is 16.2. The van der Waals surface area contributed by atoms with Crippen molar-refractivity contribution in [3.05, 3.63) is 310 Å². The van der Waals surface area contributed by atoms with Crippen LogP contribution in [0.3, 0.4) is 0 Å². The van der Waals surface area contributed by atoms with E-state index in [0.29, 0.717) is 11.4 Å². The lowest BCUT2D eigenvalue weighted by atomic mass is 9.84. The minimum absolute atomic E-state index is 0.350. The maximum atomic E-state index is 9.45. The zero-order chi connectivity index (χ0) is 44.7. The lowest BCUT2D eigenvalue weighted by molar-refractivity contribution is 1.49. The number of benzene rings is 8. The van der Waals surface area contributed by atoms with E-state index in [0.717, 1.165) is 71.0 Å². The van der Waals surface area contributed by atoms with Crippen LogP contribution in [0, 0.1) is 5.41 Å². The molecule has 0 unspecified atom stereocenters. The fraction of sp³-hybridized carbons (Fsp3) is 0. The fourth-order valence-electron chi connectivity index (χ4n) is 8.84. The molecule has 4 heteroatoms. The molecule has 0 spiro atoms. The number of allylic oxidation sites excluding steroid dienone is 4. The number of rotatable bonds is 11. The van der Waals surface area contributed by atoms with E-state index in [1.54, 1.807) is 11.3 Å². The Morgan fingerprint density at radius 2 is 0.606 bits per heavy atom. The van der Waals surface area contributed by atoms with E-state index in [9.17, 15) is 5.41 Å². The maximum Gasteiger partial charge on any atom is 0.104 e. The van der Waals surface area contributed by atoms with E-state index >= 15 is 0 Å². The Labute approximate surface area is 396 Å². The molecule has 1 heterocycles. The molecule has 1 N–H and O–H groups in total. The summed E-state index contributed by atoms with van der Waals surface area (Å²) in [6.07, 6.45) is 4.13. The van der Waals surface area contributed by atoms with Gasteiger partial charge in [0, 0.05) is 20.9 Å². The fourth-order valence-corrected chi connectivity index (χ4v) is 10.1. The van der Waals surface area contributed by atoms with Crippen molar-refractivity contribution < 1.29 is 0 Å². The van der Waals surface area contributed by atoms with Gasteiger partial charge in [-0.2, -0.15) is 0 Å². The normalized spacial score (nSPS) is 12.9. The summed E-state index contributed by atoms with van der Waals surface area (Å²) in [4.78, 5) is 2.13. The van der Waals surface area contributed by atoms with Crippen LogP contribution in [0.15, 0.2) is 259 Å². The molecule has 314 valence electrons. The van der Waals surface area contributed by atoms with Crippen molar-refractivity contribution in [2.24, 2.45) is 4.40 Å². The highest BCUT2D eigenvalue weighted by molar-refractivity contribution is 7.79. The van der Waals surface area contributed by atoms with Crippen molar-refractivity contribution in [1.29, 1.82) is 5.41 Å². The number of nitrogens with one attached hydrogen (secondary N) is 1. The maximum absolute atomic E-state index is 9.45. The highest BCUT2D eigenvalue weighted by atomic mass is 32.1. The van der Waals surface area contributed by atoms with Gasteiger partial charge < -0.3 is 0 Å². The summed E-state index contributed by atoms with van der Waals surface area (Å²) in [6, 6.07) is 85.6. The molecule has 0 aliphatic heterocycles. The van der Waals surface area contributed by atoms with Gasteiger partial charge >= 0.3 is 0 Å². The summed E-state index contributed by atoms with van der Waals surface area (Å²) >= 11 is 6.12. The number of hydrogen-bond acceptors (Lipinski definition) is 4. The van der Waals surface area contributed by atoms with Gasteiger partial charge in [0.1, 0.15) is 5.71 Å². The Balaban J connectivity index is 0.978. The summed E-state index contributed by atoms with van der Waals surface area (Å²) in [7, 11) is 0. The second-order valence-corrected chi connectivity index (χ2v) is 17.3. The third-order valence-electron chi connectivity index (χ3n) is 12.0. The van der Waals surface area contributed by atoms with Crippen molar-refractivity contribution in [2.75, 3.05) is 0 Å². The highest BCUT2D eigenvalue weighted by Crippen LogP contribution is 2.41. The quantitative estimate of drug-likeness (QED) is 0.0738. The first-order valence-corrected chi connectivity index (χ1v) is 23.2. The van der Waals surface area contributed by atoms with Gasteiger partial charge in [0.2, 0.25) is 0 Å². The largest absolute Gasteiger partial charge is 0.298 e. The molecule has 8 aromatic carbocycles. The first-order valence-electron chi connectivity index (χ1n) is 22.0. The van der Waals surface area contributed by atoms with E-state index in [-0.39, 0.29) is 0 Å². The number of thiol groups is 1. The minimum Gasteiger partial charge on any atom is -0.298 e. The second kappa shape index (κ2) is 19.5. The number of thiophene rings is 1. The molecular weight excluding hydrogens is 837 g/mol. The zero-order valence-electron chi connectivity index (χ0n) is 36.1. The molecule has 0 saturated carbocycles. The molecule has 10 rings (SSSR count). The first-order chi connectivity index (χ1) is 32.6. The molecule has 0 amide bonds. The van der Waals surface area contributed by atoms with Gasteiger partial charge in [-0.25, -0.2) is 4.40 Å². The summed E-state index contributed by atoms with van der Waals surface area (Å²) in [5.41, 5.74) is 18.5. The molecule has 1 aromatic heterocycles. The Bertz CT molecular complexity index is 3210. The van der Waals surface area contributed by atoms with E-state index < -0.39 is 0 Å². The standard InChI is InChI=1S/C62H44N2S2/c63-61-54(56-42-41-55(66-56)44-33-37-52(38-34-44)60(50-29-17-6-18-30-50)58(47-23-11-3-12-24-47)48-25-13-4-14-26-48)40-39-53(62(61)64-65)43-31-35-51(36-32-43)59(49-27-15-5-16-28-49)57(45-19-7-1-8-20-45)46-21-9-2-10-22-46/h1-42,63,65H/b63-61?,64-62-. The van der Waals surface area contributed by atoms with Gasteiger partial charge in [0.05, 0.1) is 5.71 Å². The number of nitrogens with zero attached hydrogens (tertiary/aromatic N) is 1. The van der Waals surface area contributed by atoms with Crippen molar-refractivity contribution in [1.82, 2.24) is 0 Å². The van der Waals surface area contributed by atoms with Crippen LogP contribution in [0.2, 0.25) is 0 Å². The van der Waals surface area contributed by atoms with Crippen molar-refractivity contribution in [2.45, 2.75) is 0 Å².